The quantitative estimate of drug-likeness (QED) is 0.381. The number of piperazine rings is 1. The molecular formula is C21H19Cl2F3N5O2+. The van der Waals surface area contributed by atoms with E-state index in [9.17, 15) is 22.8 Å². The van der Waals surface area contributed by atoms with Gasteiger partial charge in [-0.05, 0) is 30.3 Å². The van der Waals surface area contributed by atoms with Gasteiger partial charge < -0.3 is 21.3 Å². The largest absolute Gasteiger partial charge is 0.417 e. The Kier molecular flexibility index (Phi) is 7.31. The van der Waals surface area contributed by atoms with Gasteiger partial charge >= 0.3 is 12.2 Å². The van der Waals surface area contributed by atoms with E-state index in [4.69, 9.17) is 34.3 Å². The minimum atomic E-state index is -4.68. The fraction of sp³-hybridized carbons (Fsp3) is 0.190. The van der Waals surface area contributed by atoms with Gasteiger partial charge in [0.05, 0.1) is 35.9 Å². The van der Waals surface area contributed by atoms with E-state index >= 15 is 0 Å². The molecule has 0 atom stereocenters. The molecule has 1 heterocycles. The first-order valence-electron chi connectivity index (χ1n) is 9.61. The molecule has 7 nitrogen and oxygen atoms in total. The Morgan fingerprint density at radius 3 is 2.52 bits per heavy atom. The Morgan fingerprint density at radius 2 is 1.88 bits per heavy atom. The maximum absolute atomic E-state index is 13.1. The van der Waals surface area contributed by atoms with Crippen LogP contribution in [0.1, 0.15) is 11.1 Å². The van der Waals surface area contributed by atoms with Gasteiger partial charge in [0.15, 0.2) is 0 Å². The average Bonchev–Trinajstić information content (AvgIpc) is 2.74. The fourth-order valence-corrected chi connectivity index (χ4v) is 3.77. The summed E-state index contributed by atoms with van der Waals surface area (Å²) >= 11 is 11.6. The molecule has 2 aromatic rings. The summed E-state index contributed by atoms with van der Waals surface area (Å²) in [5, 5.41) is 12.4. The van der Waals surface area contributed by atoms with Crippen molar-refractivity contribution in [2.75, 3.05) is 25.0 Å². The number of hydrogen-bond donors (Lipinski definition) is 4. The number of rotatable bonds is 4. The van der Waals surface area contributed by atoms with Crippen LogP contribution in [0.3, 0.4) is 0 Å². The minimum Gasteiger partial charge on any atom is -0.365 e. The van der Waals surface area contributed by atoms with Gasteiger partial charge in [0.1, 0.15) is 11.3 Å². The number of nitrogens with one attached hydrogen (secondary N) is 2. The van der Waals surface area contributed by atoms with Crippen molar-refractivity contribution in [2.24, 2.45) is 5.73 Å². The number of nitrogens with two attached hydrogens (primary N) is 2. The maximum atomic E-state index is 13.1. The van der Waals surface area contributed by atoms with Gasteiger partial charge in [-0.1, -0.05) is 35.3 Å². The van der Waals surface area contributed by atoms with E-state index in [0.29, 0.717) is 22.8 Å². The number of carbonyl (C=O) groups is 2. The lowest BCUT2D eigenvalue weighted by molar-refractivity contribution is -0.615. The highest BCUT2D eigenvalue weighted by Crippen LogP contribution is 2.36. The second kappa shape index (κ2) is 9.82. The highest BCUT2D eigenvalue weighted by molar-refractivity contribution is 6.32. The predicted octanol–water partition coefficient (Wildman–Crippen LogP) is 3.23. The number of carbonyl (C=O) groups excluding carboxylic acids is 2. The smallest absolute Gasteiger partial charge is 0.365 e. The van der Waals surface area contributed by atoms with Crippen LogP contribution in [0.4, 0.5) is 23.7 Å². The normalized spacial score (nSPS) is 15.7. The van der Waals surface area contributed by atoms with Gasteiger partial charge in [-0.2, -0.15) is 13.2 Å². The van der Waals surface area contributed by atoms with Crippen molar-refractivity contribution in [1.29, 1.82) is 5.41 Å². The van der Waals surface area contributed by atoms with Crippen LogP contribution in [0.25, 0.3) is 0 Å². The SMILES string of the molecule is N=C(/C(C(N)=O)=C1/CN(C(=O)Nc2ccc(Cl)c(C(F)(F)F)c2)CC[NH2+]1)c1cccc(Cl)c1. The molecule has 12 heteroatoms. The van der Waals surface area contributed by atoms with Crippen molar-refractivity contribution < 1.29 is 28.1 Å². The van der Waals surface area contributed by atoms with Crippen molar-refractivity contribution in [1.82, 2.24) is 4.90 Å². The van der Waals surface area contributed by atoms with Crippen LogP contribution in [-0.2, 0) is 11.0 Å². The molecule has 1 fully saturated rings. The zero-order chi connectivity index (χ0) is 24.3. The molecule has 1 aliphatic heterocycles. The van der Waals surface area contributed by atoms with Crippen LogP contribution >= 0.6 is 23.2 Å². The first-order valence-corrected chi connectivity index (χ1v) is 10.4. The number of alkyl halides is 3. The average molecular weight is 501 g/mol. The number of primary amides is 1. The molecule has 3 amide bonds. The van der Waals surface area contributed by atoms with Gasteiger partial charge in [-0.3, -0.25) is 10.2 Å². The summed E-state index contributed by atoms with van der Waals surface area (Å²) in [6.07, 6.45) is -4.68. The van der Waals surface area contributed by atoms with Crippen LogP contribution in [0.5, 0.6) is 0 Å². The van der Waals surface area contributed by atoms with Crippen molar-refractivity contribution in [3.63, 3.8) is 0 Å². The Hall–Kier alpha value is -3.08. The van der Waals surface area contributed by atoms with Gasteiger partial charge in [0.2, 0.25) is 0 Å². The fourth-order valence-electron chi connectivity index (χ4n) is 3.35. The Labute approximate surface area is 196 Å². The molecule has 2 aromatic carbocycles. The monoisotopic (exact) mass is 500 g/mol. The zero-order valence-corrected chi connectivity index (χ0v) is 18.5. The molecule has 0 radical (unpaired) electrons. The molecule has 1 aliphatic rings. The molecule has 0 saturated carbocycles. The molecule has 0 spiro atoms. The molecule has 3 rings (SSSR count). The van der Waals surface area contributed by atoms with Gasteiger partial charge in [0.25, 0.3) is 5.91 Å². The molecular weight excluding hydrogens is 482 g/mol. The van der Waals surface area contributed by atoms with Crippen LogP contribution in [-0.4, -0.2) is 42.2 Å². The van der Waals surface area contributed by atoms with Gasteiger partial charge in [0, 0.05) is 16.3 Å². The summed E-state index contributed by atoms with van der Waals surface area (Å²) in [6, 6.07) is 8.74. The first-order chi connectivity index (χ1) is 15.5. The summed E-state index contributed by atoms with van der Waals surface area (Å²) in [5.41, 5.74) is 4.90. The van der Waals surface area contributed by atoms with Crippen LogP contribution < -0.4 is 16.4 Å². The van der Waals surface area contributed by atoms with Crippen LogP contribution in [0, 0.1) is 5.41 Å². The molecule has 174 valence electrons. The Bertz CT molecular complexity index is 1150. The molecule has 0 aromatic heterocycles. The molecule has 33 heavy (non-hydrogen) atoms. The summed E-state index contributed by atoms with van der Waals surface area (Å²) in [6.45, 7) is 0.551. The number of anilines is 1. The third-order valence-corrected chi connectivity index (χ3v) is 5.46. The molecule has 6 N–H and O–H groups in total. The van der Waals surface area contributed by atoms with Crippen molar-refractivity contribution in [3.05, 3.63) is 74.9 Å². The third kappa shape index (κ3) is 5.84. The summed E-state index contributed by atoms with van der Waals surface area (Å²) in [7, 11) is 0. The third-order valence-electron chi connectivity index (χ3n) is 4.89. The van der Waals surface area contributed by atoms with E-state index < -0.39 is 28.7 Å². The second-order valence-electron chi connectivity index (χ2n) is 7.19. The maximum Gasteiger partial charge on any atom is 0.417 e. The number of amides is 3. The highest BCUT2D eigenvalue weighted by atomic mass is 35.5. The standard InChI is InChI=1S/C21H18Cl2F3N5O2/c22-12-3-1-2-11(8-12)18(27)17(19(28)32)16-10-31(7-6-29-16)20(33)30-13-4-5-15(23)14(9-13)21(24,25)26/h1-5,8-9,27,29H,6-7,10H2,(H2,28,32)(H,30,33)/p+1/b17-16+,27-18?. The van der Waals surface area contributed by atoms with E-state index in [1.807, 2.05) is 0 Å². The second-order valence-corrected chi connectivity index (χ2v) is 8.03. The lowest BCUT2D eigenvalue weighted by Crippen LogP contribution is -2.88. The predicted molar refractivity (Wildman–Crippen MR) is 118 cm³/mol. The van der Waals surface area contributed by atoms with Crippen molar-refractivity contribution in [3.8, 4) is 0 Å². The molecule has 0 unspecified atom stereocenters. The van der Waals surface area contributed by atoms with E-state index in [0.717, 1.165) is 12.1 Å². The van der Waals surface area contributed by atoms with Crippen molar-refractivity contribution in [2.45, 2.75) is 6.18 Å². The summed E-state index contributed by atoms with van der Waals surface area (Å²) in [5.74, 6) is -0.846. The number of urea groups is 1. The molecule has 1 saturated heterocycles. The Balaban J connectivity index is 1.84. The number of quaternary nitrogens is 1. The Morgan fingerprint density at radius 1 is 1.15 bits per heavy atom. The lowest BCUT2D eigenvalue weighted by Gasteiger charge is -2.28. The number of halogens is 5. The summed E-state index contributed by atoms with van der Waals surface area (Å²) in [4.78, 5) is 26.2. The van der Waals surface area contributed by atoms with E-state index in [1.54, 1.807) is 23.5 Å². The topological polar surface area (TPSA) is 116 Å². The van der Waals surface area contributed by atoms with E-state index in [2.05, 4.69) is 5.32 Å². The van der Waals surface area contributed by atoms with E-state index in [1.165, 1.54) is 17.0 Å². The van der Waals surface area contributed by atoms with Crippen LogP contribution in [0.2, 0.25) is 10.0 Å². The zero-order valence-electron chi connectivity index (χ0n) is 17.0. The summed E-state index contributed by atoms with van der Waals surface area (Å²) < 4.78 is 39.3. The molecule has 0 aliphatic carbocycles. The van der Waals surface area contributed by atoms with Gasteiger partial charge in [-0.25, -0.2) is 4.79 Å². The van der Waals surface area contributed by atoms with Gasteiger partial charge in [-0.15, -0.1) is 0 Å². The number of nitrogens with zero attached hydrogens (tertiary/aromatic N) is 1. The van der Waals surface area contributed by atoms with Crippen LogP contribution in [0.15, 0.2) is 53.7 Å². The number of benzene rings is 2. The number of hydrogen-bond acceptors (Lipinski definition) is 3. The van der Waals surface area contributed by atoms with Crippen molar-refractivity contribution >= 4 is 46.5 Å². The highest BCUT2D eigenvalue weighted by Gasteiger charge is 2.34. The minimum absolute atomic E-state index is 0.0627. The molecule has 0 bridgehead atoms. The lowest BCUT2D eigenvalue weighted by atomic mass is 9.99. The van der Waals surface area contributed by atoms with E-state index in [-0.39, 0.29) is 30.1 Å². The first kappa shape index (κ1) is 24.6.